The lowest BCUT2D eigenvalue weighted by Gasteiger charge is -2.20. The minimum absolute atomic E-state index is 0.0956. The SMILES string of the molecule is O=C(CC(c1ccccc1O)c1ccccc1O)NCc1ccccn1. The van der Waals surface area contributed by atoms with Crippen molar-refractivity contribution in [2.24, 2.45) is 0 Å². The first-order valence-electron chi connectivity index (χ1n) is 8.37. The van der Waals surface area contributed by atoms with Crippen LogP contribution in [-0.4, -0.2) is 21.1 Å². The molecule has 0 radical (unpaired) electrons. The molecule has 0 saturated carbocycles. The molecule has 132 valence electrons. The van der Waals surface area contributed by atoms with Crippen LogP contribution in [-0.2, 0) is 11.3 Å². The second kappa shape index (κ2) is 8.16. The van der Waals surface area contributed by atoms with Gasteiger partial charge in [-0.2, -0.15) is 0 Å². The Balaban J connectivity index is 1.81. The highest BCUT2D eigenvalue weighted by Gasteiger charge is 2.23. The number of aromatic hydroxyl groups is 2. The average molecular weight is 348 g/mol. The van der Waals surface area contributed by atoms with Gasteiger partial charge in [-0.1, -0.05) is 42.5 Å². The van der Waals surface area contributed by atoms with Crippen molar-refractivity contribution in [3.05, 3.63) is 89.7 Å². The fraction of sp³-hybridized carbons (Fsp3) is 0.143. The first-order valence-corrected chi connectivity index (χ1v) is 8.37. The Morgan fingerprint density at radius 3 is 2.00 bits per heavy atom. The number of nitrogens with zero attached hydrogens (tertiary/aromatic N) is 1. The third-order valence-corrected chi connectivity index (χ3v) is 4.21. The number of benzene rings is 2. The third kappa shape index (κ3) is 4.19. The van der Waals surface area contributed by atoms with Crippen molar-refractivity contribution >= 4 is 5.91 Å². The van der Waals surface area contributed by atoms with Crippen LogP contribution in [0.1, 0.15) is 29.2 Å². The van der Waals surface area contributed by atoms with E-state index in [4.69, 9.17) is 0 Å². The standard InChI is InChI=1S/C21H20N2O3/c24-19-10-3-1-8-16(19)18(17-9-2-4-11-20(17)25)13-21(26)23-14-15-7-5-6-12-22-15/h1-12,18,24-25H,13-14H2,(H,23,26). The molecule has 0 aliphatic heterocycles. The lowest BCUT2D eigenvalue weighted by atomic mass is 9.87. The highest BCUT2D eigenvalue weighted by molar-refractivity contribution is 5.78. The molecule has 0 atom stereocenters. The number of nitrogens with one attached hydrogen (secondary N) is 1. The summed E-state index contributed by atoms with van der Waals surface area (Å²) in [6.45, 7) is 0.327. The molecular weight excluding hydrogens is 328 g/mol. The van der Waals surface area contributed by atoms with Crippen molar-refractivity contribution in [1.29, 1.82) is 0 Å². The van der Waals surface area contributed by atoms with Gasteiger partial charge < -0.3 is 15.5 Å². The van der Waals surface area contributed by atoms with Gasteiger partial charge >= 0.3 is 0 Å². The predicted octanol–water partition coefficient (Wildman–Crippen LogP) is 3.33. The van der Waals surface area contributed by atoms with Crippen LogP contribution in [0.25, 0.3) is 0 Å². The number of hydrogen-bond acceptors (Lipinski definition) is 4. The summed E-state index contributed by atoms with van der Waals surface area (Å²) in [4.78, 5) is 16.7. The Kier molecular flexibility index (Phi) is 5.49. The molecule has 0 aliphatic rings. The van der Waals surface area contributed by atoms with Gasteiger partial charge in [-0.25, -0.2) is 0 Å². The van der Waals surface area contributed by atoms with Crippen molar-refractivity contribution < 1.29 is 15.0 Å². The molecule has 1 aromatic heterocycles. The summed E-state index contributed by atoms with van der Waals surface area (Å²) in [6.07, 6.45) is 1.77. The number of amides is 1. The molecule has 0 bridgehead atoms. The van der Waals surface area contributed by atoms with Crippen molar-refractivity contribution in [3.8, 4) is 11.5 Å². The van der Waals surface area contributed by atoms with Gasteiger partial charge in [0.15, 0.2) is 0 Å². The van der Waals surface area contributed by atoms with Crippen LogP contribution in [0.2, 0.25) is 0 Å². The van der Waals surface area contributed by atoms with Crippen molar-refractivity contribution in [2.75, 3.05) is 0 Å². The molecule has 26 heavy (non-hydrogen) atoms. The Labute approximate surface area is 152 Å². The van der Waals surface area contributed by atoms with Crippen molar-refractivity contribution in [2.45, 2.75) is 18.9 Å². The van der Waals surface area contributed by atoms with E-state index in [1.807, 2.05) is 18.2 Å². The molecule has 0 aliphatic carbocycles. The monoisotopic (exact) mass is 348 g/mol. The molecule has 1 amide bonds. The van der Waals surface area contributed by atoms with Crippen LogP contribution in [0.3, 0.4) is 0 Å². The maximum absolute atomic E-state index is 12.5. The summed E-state index contributed by atoms with van der Waals surface area (Å²) in [5, 5.41) is 23.3. The maximum Gasteiger partial charge on any atom is 0.221 e. The van der Waals surface area contributed by atoms with E-state index in [0.29, 0.717) is 17.7 Å². The minimum Gasteiger partial charge on any atom is -0.508 e. The van der Waals surface area contributed by atoms with Gasteiger partial charge in [0, 0.05) is 29.7 Å². The van der Waals surface area contributed by atoms with Gasteiger partial charge in [0.05, 0.1) is 12.2 Å². The first-order chi connectivity index (χ1) is 12.6. The Bertz CT molecular complexity index is 836. The molecule has 1 heterocycles. The number of para-hydroxylation sites is 2. The number of hydrogen-bond donors (Lipinski definition) is 3. The van der Waals surface area contributed by atoms with Gasteiger partial charge in [-0.15, -0.1) is 0 Å². The van der Waals surface area contributed by atoms with E-state index in [1.54, 1.807) is 54.7 Å². The van der Waals surface area contributed by atoms with Gasteiger partial charge in [-0.3, -0.25) is 9.78 Å². The highest BCUT2D eigenvalue weighted by Crippen LogP contribution is 2.37. The zero-order valence-electron chi connectivity index (χ0n) is 14.2. The highest BCUT2D eigenvalue weighted by atomic mass is 16.3. The van der Waals surface area contributed by atoms with Gasteiger partial charge in [0.2, 0.25) is 5.91 Å². The largest absolute Gasteiger partial charge is 0.508 e. The first kappa shape index (κ1) is 17.5. The fourth-order valence-electron chi connectivity index (χ4n) is 2.90. The van der Waals surface area contributed by atoms with E-state index in [2.05, 4.69) is 10.3 Å². The van der Waals surface area contributed by atoms with E-state index in [-0.39, 0.29) is 23.8 Å². The van der Waals surface area contributed by atoms with E-state index < -0.39 is 5.92 Å². The summed E-state index contributed by atoms with van der Waals surface area (Å²) in [6, 6.07) is 19.2. The zero-order valence-corrected chi connectivity index (χ0v) is 14.2. The van der Waals surface area contributed by atoms with Crippen LogP contribution in [0.4, 0.5) is 0 Å². The predicted molar refractivity (Wildman–Crippen MR) is 98.8 cm³/mol. The van der Waals surface area contributed by atoms with E-state index in [0.717, 1.165) is 5.69 Å². The number of rotatable bonds is 6. The Morgan fingerprint density at radius 2 is 1.46 bits per heavy atom. The Morgan fingerprint density at radius 1 is 0.885 bits per heavy atom. The van der Waals surface area contributed by atoms with Gasteiger partial charge in [0.1, 0.15) is 11.5 Å². The van der Waals surface area contributed by atoms with E-state index in [9.17, 15) is 15.0 Å². The number of phenols is 2. The summed E-state index contributed by atoms with van der Waals surface area (Å²) < 4.78 is 0. The minimum atomic E-state index is -0.457. The molecule has 3 aromatic rings. The van der Waals surface area contributed by atoms with Crippen LogP contribution in [0.15, 0.2) is 72.9 Å². The summed E-state index contributed by atoms with van der Waals surface area (Å²) in [5.41, 5.74) is 1.96. The van der Waals surface area contributed by atoms with Gasteiger partial charge in [0.25, 0.3) is 0 Å². The molecule has 5 heteroatoms. The second-order valence-electron chi connectivity index (χ2n) is 5.97. The summed E-state index contributed by atoms with van der Waals surface area (Å²) in [7, 11) is 0. The van der Waals surface area contributed by atoms with E-state index in [1.165, 1.54) is 0 Å². The third-order valence-electron chi connectivity index (χ3n) is 4.21. The maximum atomic E-state index is 12.5. The molecule has 3 N–H and O–H groups in total. The normalized spacial score (nSPS) is 10.7. The number of phenolic OH excluding ortho intramolecular Hbond substituents is 2. The molecule has 0 spiro atoms. The van der Waals surface area contributed by atoms with Crippen LogP contribution < -0.4 is 5.32 Å². The van der Waals surface area contributed by atoms with Crippen LogP contribution >= 0.6 is 0 Å². The lowest BCUT2D eigenvalue weighted by Crippen LogP contribution is -2.25. The van der Waals surface area contributed by atoms with Crippen molar-refractivity contribution in [3.63, 3.8) is 0 Å². The second-order valence-corrected chi connectivity index (χ2v) is 5.97. The number of carbonyl (C=O) groups is 1. The van der Waals surface area contributed by atoms with Crippen molar-refractivity contribution in [1.82, 2.24) is 10.3 Å². The van der Waals surface area contributed by atoms with Gasteiger partial charge in [-0.05, 0) is 24.3 Å². The molecule has 5 nitrogen and oxygen atoms in total. The molecule has 0 unspecified atom stereocenters. The lowest BCUT2D eigenvalue weighted by molar-refractivity contribution is -0.121. The molecule has 0 fully saturated rings. The molecule has 3 rings (SSSR count). The quantitative estimate of drug-likeness (QED) is 0.638. The number of carbonyl (C=O) groups excluding carboxylic acids is 1. The molecule has 0 saturated heterocycles. The topological polar surface area (TPSA) is 82.5 Å². The Hall–Kier alpha value is -3.34. The fourth-order valence-corrected chi connectivity index (χ4v) is 2.90. The van der Waals surface area contributed by atoms with Crippen LogP contribution in [0.5, 0.6) is 11.5 Å². The summed E-state index contributed by atoms with van der Waals surface area (Å²) >= 11 is 0. The number of pyridine rings is 1. The smallest absolute Gasteiger partial charge is 0.221 e. The molecular formula is C21H20N2O3. The molecule has 2 aromatic carbocycles. The van der Waals surface area contributed by atoms with E-state index >= 15 is 0 Å². The summed E-state index contributed by atoms with van der Waals surface area (Å²) in [5.74, 6) is -0.454. The van der Waals surface area contributed by atoms with Crippen LogP contribution in [0, 0.1) is 0 Å². The average Bonchev–Trinajstić information content (AvgIpc) is 2.67. The number of aromatic nitrogens is 1. The zero-order chi connectivity index (χ0) is 18.4.